The van der Waals surface area contributed by atoms with Crippen LogP contribution in [-0.4, -0.2) is 5.78 Å². The Hall–Kier alpha value is -1.62. The molecule has 0 bridgehead atoms. The van der Waals surface area contributed by atoms with Gasteiger partial charge in [0.25, 0.3) is 0 Å². The van der Waals surface area contributed by atoms with Gasteiger partial charge in [0, 0.05) is 4.88 Å². The molecule has 0 aliphatic rings. The predicted octanol–water partition coefficient (Wildman–Crippen LogP) is 3.70. The Balaban J connectivity index is 2.48. The molecule has 0 atom stereocenters. The molecule has 0 amide bonds. The average molecular weight is 256 g/mol. The quantitative estimate of drug-likeness (QED) is 0.591. The minimum absolute atomic E-state index is 0.299. The Kier molecular flexibility index (Phi) is 3.02. The summed E-state index contributed by atoms with van der Waals surface area (Å²) in [5.74, 6) is -5.01. The van der Waals surface area contributed by atoms with E-state index >= 15 is 0 Å². The van der Waals surface area contributed by atoms with Gasteiger partial charge in [0.15, 0.2) is 17.5 Å². The molecule has 2 aromatic rings. The molecule has 1 nitrogen and oxygen atoms in total. The van der Waals surface area contributed by atoms with Crippen LogP contribution in [0.4, 0.5) is 13.2 Å². The molecule has 5 heteroatoms. The Morgan fingerprint density at radius 3 is 2.35 bits per heavy atom. The topological polar surface area (TPSA) is 17.1 Å². The minimum Gasteiger partial charge on any atom is -0.288 e. The van der Waals surface area contributed by atoms with E-state index in [0.717, 1.165) is 17.0 Å². The Morgan fingerprint density at radius 2 is 1.76 bits per heavy atom. The fourth-order valence-corrected chi connectivity index (χ4v) is 2.21. The van der Waals surface area contributed by atoms with E-state index in [4.69, 9.17) is 0 Å². The van der Waals surface area contributed by atoms with E-state index < -0.39 is 28.8 Å². The highest BCUT2D eigenvalue weighted by molar-refractivity contribution is 7.14. The largest absolute Gasteiger partial charge is 0.288 e. The molecular weight excluding hydrogens is 249 g/mol. The van der Waals surface area contributed by atoms with Crippen molar-refractivity contribution < 1.29 is 18.0 Å². The van der Waals surface area contributed by atoms with Gasteiger partial charge in [-0.3, -0.25) is 4.79 Å². The number of aryl methyl sites for hydroxylation is 1. The highest BCUT2D eigenvalue weighted by atomic mass is 32.1. The maximum atomic E-state index is 13.4. The van der Waals surface area contributed by atoms with E-state index in [-0.39, 0.29) is 0 Å². The Labute approximate surface area is 99.5 Å². The van der Waals surface area contributed by atoms with Crippen molar-refractivity contribution in [3.8, 4) is 0 Å². The summed E-state index contributed by atoms with van der Waals surface area (Å²) in [4.78, 5) is 13.0. The van der Waals surface area contributed by atoms with Crippen molar-refractivity contribution in [1.82, 2.24) is 0 Å². The van der Waals surface area contributed by atoms with E-state index in [1.807, 2.05) is 0 Å². The van der Waals surface area contributed by atoms with Gasteiger partial charge in [-0.15, -0.1) is 11.3 Å². The number of thiophene rings is 1. The van der Waals surface area contributed by atoms with E-state index in [2.05, 4.69) is 0 Å². The van der Waals surface area contributed by atoms with Crippen molar-refractivity contribution in [2.45, 2.75) is 6.92 Å². The summed E-state index contributed by atoms with van der Waals surface area (Å²) in [6, 6.07) is 4.93. The lowest BCUT2D eigenvalue weighted by atomic mass is 10.1. The molecule has 88 valence electrons. The number of benzene rings is 1. The second kappa shape index (κ2) is 4.33. The summed E-state index contributed by atoms with van der Waals surface area (Å²) in [6.07, 6.45) is 0. The van der Waals surface area contributed by atoms with Crippen LogP contribution in [0.1, 0.15) is 20.1 Å². The molecule has 1 aromatic carbocycles. The van der Waals surface area contributed by atoms with Crippen molar-refractivity contribution in [2.75, 3.05) is 0 Å². The fourth-order valence-electron chi connectivity index (χ4n) is 1.39. The number of ketones is 1. The van der Waals surface area contributed by atoms with Crippen LogP contribution in [0.15, 0.2) is 24.3 Å². The first-order chi connectivity index (χ1) is 8.00. The summed E-state index contributed by atoms with van der Waals surface area (Å²) in [5, 5.41) is 0. The van der Waals surface area contributed by atoms with Gasteiger partial charge in [0.2, 0.25) is 5.78 Å². The lowest BCUT2D eigenvalue weighted by Gasteiger charge is -2.02. The zero-order valence-corrected chi connectivity index (χ0v) is 9.58. The maximum absolute atomic E-state index is 13.4. The monoisotopic (exact) mass is 256 g/mol. The van der Waals surface area contributed by atoms with Crippen molar-refractivity contribution in [3.63, 3.8) is 0 Å². The summed E-state index contributed by atoms with van der Waals surface area (Å²) < 4.78 is 39.1. The zero-order valence-electron chi connectivity index (χ0n) is 8.76. The molecule has 1 aromatic heterocycles. The Morgan fingerprint density at radius 1 is 1.06 bits per heavy atom. The molecule has 0 aliphatic carbocycles. The number of carbonyl (C=O) groups excluding carboxylic acids is 1. The SMILES string of the molecule is Cc1ccc(C(=O)c2ccc(F)c(F)c2F)s1. The molecule has 0 radical (unpaired) electrons. The third-order valence-electron chi connectivity index (χ3n) is 2.24. The highest BCUT2D eigenvalue weighted by Crippen LogP contribution is 2.22. The van der Waals surface area contributed by atoms with Gasteiger partial charge < -0.3 is 0 Å². The molecule has 0 N–H and O–H groups in total. The number of rotatable bonds is 2. The van der Waals surface area contributed by atoms with Crippen molar-refractivity contribution in [2.24, 2.45) is 0 Å². The first-order valence-electron chi connectivity index (χ1n) is 4.75. The minimum atomic E-state index is -1.62. The standard InChI is InChI=1S/C12H7F3OS/c1-6-2-5-9(17-6)12(16)7-3-4-8(13)11(15)10(7)14/h2-5H,1H3. The molecule has 0 unspecified atom stereocenters. The van der Waals surface area contributed by atoms with Crippen LogP contribution in [0.25, 0.3) is 0 Å². The lowest BCUT2D eigenvalue weighted by molar-refractivity contribution is 0.103. The van der Waals surface area contributed by atoms with Gasteiger partial charge in [0.05, 0.1) is 10.4 Å². The predicted molar refractivity (Wildman–Crippen MR) is 58.8 cm³/mol. The Bertz CT molecular complexity index is 589. The van der Waals surface area contributed by atoms with Crippen molar-refractivity contribution in [1.29, 1.82) is 0 Å². The molecule has 1 heterocycles. The van der Waals surface area contributed by atoms with Crippen LogP contribution >= 0.6 is 11.3 Å². The molecular formula is C12H7F3OS. The van der Waals surface area contributed by atoms with Crippen LogP contribution in [0, 0.1) is 24.4 Å². The second-order valence-corrected chi connectivity index (χ2v) is 4.75. The molecule has 0 fully saturated rings. The molecule has 0 spiro atoms. The van der Waals surface area contributed by atoms with Gasteiger partial charge in [-0.1, -0.05) is 0 Å². The van der Waals surface area contributed by atoms with Crippen molar-refractivity contribution >= 4 is 17.1 Å². The molecule has 0 aliphatic heterocycles. The van der Waals surface area contributed by atoms with Gasteiger partial charge in [-0.25, -0.2) is 13.2 Å². The molecule has 0 saturated heterocycles. The summed E-state index contributed by atoms with van der Waals surface area (Å²) in [5.41, 5.74) is -0.453. The number of hydrogen-bond donors (Lipinski definition) is 0. The first kappa shape index (κ1) is 11.9. The second-order valence-electron chi connectivity index (χ2n) is 3.46. The number of carbonyl (C=O) groups is 1. The highest BCUT2D eigenvalue weighted by Gasteiger charge is 2.20. The summed E-state index contributed by atoms with van der Waals surface area (Å²) in [7, 11) is 0. The third-order valence-corrected chi connectivity index (χ3v) is 3.24. The fraction of sp³-hybridized carbons (Fsp3) is 0.0833. The van der Waals surface area contributed by atoms with Gasteiger partial charge in [0.1, 0.15) is 0 Å². The summed E-state index contributed by atoms with van der Waals surface area (Å²) >= 11 is 1.18. The van der Waals surface area contributed by atoms with Crippen LogP contribution in [0.2, 0.25) is 0 Å². The summed E-state index contributed by atoms with van der Waals surface area (Å²) in [6.45, 7) is 1.79. The van der Waals surface area contributed by atoms with E-state index in [0.29, 0.717) is 4.88 Å². The molecule has 17 heavy (non-hydrogen) atoms. The normalized spacial score (nSPS) is 10.6. The number of hydrogen-bond acceptors (Lipinski definition) is 2. The van der Waals surface area contributed by atoms with E-state index in [1.165, 1.54) is 17.4 Å². The van der Waals surface area contributed by atoms with Crippen LogP contribution in [0.5, 0.6) is 0 Å². The van der Waals surface area contributed by atoms with E-state index in [1.54, 1.807) is 13.0 Å². The average Bonchev–Trinajstić information content (AvgIpc) is 2.72. The van der Waals surface area contributed by atoms with Gasteiger partial charge >= 0.3 is 0 Å². The smallest absolute Gasteiger partial charge is 0.206 e. The lowest BCUT2D eigenvalue weighted by Crippen LogP contribution is -2.05. The first-order valence-corrected chi connectivity index (χ1v) is 5.57. The zero-order chi connectivity index (χ0) is 12.6. The number of halogens is 3. The van der Waals surface area contributed by atoms with Gasteiger partial charge in [-0.2, -0.15) is 0 Å². The van der Waals surface area contributed by atoms with E-state index in [9.17, 15) is 18.0 Å². The molecule has 2 rings (SSSR count). The van der Waals surface area contributed by atoms with Crippen LogP contribution < -0.4 is 0 Å². The maximum Gasteiger partial charge on any atom is 0.206 e. The van der Waals surface area contributed by atoms with Crippen LogP contribution in [0.3, 0.4) is 0 Å². The van der Waals surface area contributed by atoms with Crippen LogP contribution in [-0.2, 0) is 0 Å². The third kappa shape index (κ3) is 2.10. The van der Waals surface area contributed by atoms with Crippen molar-refractivity contribution in [3.05, 3.63) is 57.0 Å². The molecule has 0 saturated carbocycles. The van der Waals surface area contributed by atoms with Gasteiger partial charge in [-0.05, 0) is 31.2 Å².